The molecule has 1 aromatic heterocycles. The van der Waals surface area contributed by atoms with Crippen LogP contribution in [0.1, 0.15) is 19.8 Å². The van der Waals surface area contributed by atoms with Gasteiger partial charge in [0, 0.05) is 38.6 Å². The van der Waals surface area contributed by atoms with Crippen LogP contribution in [0.3, 0.4) is 0 Å². The molecule has 0 spiro atoms. The summed E-state index contributed by atoms with van der Waals surface area (Å²) in [6.45, 7) is 2.39. The summed E-state index contributed by atoms with van der Waals surface area (Å²) in [4.78, 5) is 2.50. The summed E-state index contributed by atoms with van der Waals surface area (Å²) in [5, 5.41) is 5.15. The number of hydrogen-bond acceptors (Lipinski definition) is 1. The van der Waals surface area contributed by atoms with Gasteiger partial charge in [-0.1, -0.05) is 177 Å². The fraction of sp³-hybridized carbons (Fsp3) is 0.0943. The molecule has 10 rings (SSSR count). The molecule has 2 atom stereocenters. The van der Waals surface area contributed by atoms with Crippen LogP contribution < -0.4 is 4.90 Å². The predicted molar refractivity (Wildman–Crippen MR) is 235 cm³/mol. The molecule has 0 bridgehead atoms. The van der Waals surface area contributed by atoms with Crippen molar-refractivity contribution in [3.05, 3.63) is 212 Å². The molecule has 0 saturated carbocycles. The van der Waals surface area contributed by atoms with Crippen LogP contribution in [0.2, 0.25) is 0 Å². The third-order valence-electron chi connectivity index (χ3n) is 11.7. The van der Waals surface area contributed by atoms with Crippen LogP contribution in [0.25, 0.3) is 60.5 Å². The molecule has 0 amide bonds. The fourth-order valence-electron chi connectivity index (χ4n) is 8.75. The lowest BCUT2D eigenvalue weighted by Crippen LogP contribution is -2.31. The standard InChI is InChI=1S/C53H42N2/c1-53(36-34-47(35-37-53)55-51-19-11-10-18-49(51)50-33-24-42-16-8-9-17-48(42)52(50)55)43-25-31-46(32-26-43)54(44-27-20-40(21-28-44)38-12-4-2-5-13-38)45-29-22-41(23-30-45)39-14-6-3-7-15-39/h2-31,33-36,46H,32,37H2,1H3. The molecule has 7 aromatic carbocycles. The monoisotopic (exact) mass is 706 g/mol. The summed E-state index contributed by atoms with van der Waals surface area (Å²) in [7, 11) is 0. The van der Waals surface area contributed by atoms with Crippen molar-refractivity contribution in [1.82, 2.24) is 4.57 Å². The van der Waals surface area contributed by atoms with Gasteiger partial charge in [0.2, 0.25) is 0 Å². The molecule has 55 heavy (non-hydrogen) atoms. The number of fused-ring (bicyclic) bond motifs is 5. The van der Waals surface area contributed by atoms with E-state index in [2.05, 4.69) is 223 Å². The lowest BCUT2D eigenvalue weighted by molar-refractivity contribution is 0.523. The Morgan fingerprint density at radius 3 is 1.71 bits per heavy atom. The Morgan fingerprint density at radius 2 is 1.11 bits per heavy atom. The summed E-state index contributed by atoms with van der Waals surface area (Å²) in [5.74, 6) is 0. The summed E-state index contributed by atoms with van der Waals surface area (Å²) in [6, 6.07) is 61.7. The molecule has 2 nitrogen and oxygen atoms in total. The van der Waals surface area contributed by atoms with Gasteiger partial charge in [0.25, 0.3) is 0 Å². The molecule has 0 N–H and O–H groups in total. The first kappa shape index (κ1) is 33.0. The van der Waals surface area contributed by atoms with E-state index in [-0.39, 0.29) is 11.5 Å². The molecule has 264 valence electrons. The average Bonchev–Trinajstić information content (AvgIpc) is 3.60. The Labute approximate surface area is 323 Å². The van der Waals surface area contributed by atoms with Crippen molar-refractivity contribution in [2.24, 2.45) is 5.41 Å². The lowest BCUT2D eigenvalue weighted by atomic mass is 9.74. The van der Waals surface area contributed by atoms with Gasteiger partial charge in [-0.05, 0) is 82.5 Å². The molecule has 0 aliphatic heterocycles. The normalized spacial score (nSPS) is 18.1. The highest BCUT2D eigenvalue weighted by Crippen LogP contribution is 2.44. The summed E-state index contributed by atoms with van der Waals surface area (Å²) in [5.41, 5.74) is 12.4. The number of benzene rings is 7. The van der Waals surface area contributed by atoms with E-state index in [1.807, 2.05) is 0 Å². The van der Waals surface area contributed by atoms with E-state index in [1.54, 1.807) is 0 Å². The Kier molecular flexibility index (Phi) is 8.18. The second-order valence-electron chi connectivity index (χ2n) is 15.1. The average molecular weight is 707 g/mol. The van der Waals surface area contributed by atoms with Crippen LogP contribution in [-0.4, -0.2) is 10.6 Å². The highest BCUT2D eigenvalue weighted by Gasteiger charge is 2.30. The smallest absolute Gasteiger partial charge is 0.0619 e. The van der Waals surface area contributed by atoms with Crippen LogP contribution in [0.5, 0.6) is 0 Å². The van der Waals surface area contributed by atoms with Crippen molar-refractivity contribution in [3.8, 4) is 22.3 Å². The Balaban J connectivity index is 0.954. The van der Waals surface area contributed by atoms with Crippen LogP contribution in [0, 0.1) is 5.41 Å². The minimum Gasteiger partial charge on any atom is -0.334 e. The second-order valence-corrected chi connectivity index (χ2v) is 15.1. The van der Waals surface area contributed by atoms with Gasteiger partial charge in [0.15, 0.2) is 0 Å². The summed E-state index contributed by atoms with van der Waals surface area (Å²) >= 11 is 0. The molecule has 8 aromatic rings. The lowest BCUT2D eigenvalue weighted by Gasteiger charge is -2.36. The quantitative estimate of drug-likeness (QED) is 0.160. The van der Waals surface area contributed by atoms with E-state index in [4.69, 9.17) is 0 Å². The second kappa shape index (κ2) is 13.6. The molecule has 2 unspecified atom stereocenters. The minimum absolute atomic E-state index is 0.0920. The Hall–Kier alpha value is -6.64. The van der Waals surface area contributed by atoms with E-state index >= 15 is 0 Å². The largest absolute Gasteiger partial charge is 0.334 e. The molecule has 2 aliphatic carbocycles. The number of allylic oxidation sites excluding steroid dienone is 6. The van der Waals surface area contributed by atoms with Crippen molar-refractivity contribution >= 4 is 49.7 Å². The van der Waals surface area contributed by atoms with Gasteiger partial charge in [-0.3, -0.25) is 0 Å². The number of nitrogens with zero attached hydrogens (tertiary/aromatic N) is 2. The van der Waals surface area contributed by atoms with Crippen molar-refractivity contribution in [3.63, 3.8) is 0 Å². The van der Waals surface area contributed by atoms with E-state index in [0.29, 0.717) is 0 Å². The van der Waals surface area contributed by atoms with Gasteiger partial charge in [0.05, 0.1) is 17.1 Å². The van der Waals surface area contributed by atoms with Gasteiger partial charge in [0.1, 0.15) is 0 Å². The summed E-state index contributed by atoms with van der Waals surface area (Å²) < 4.78 is 2.48. The molecule has 0 fully saturated rings. The van der Waals surface area contributed by atoms with Crippen molar-refractivity contribution in [1.29, 1.82) is 0 Å². The topological polar surface area (TPSA) is 8.17 Å². The first-order chi connectivity index (χ1) is 27.1. The minimum atomic E-state index is -0.0920. The maximum Gasteiger partial charge on any atom is 0.0619 e. The van der Waals surface area contributed by atoms with Gasteiger partial charge in [-0.15, -0.1) is 0 Å². The molecular formula is C53H42N2. The first-order valence-corrected chi connectivity index (χ1v) is 19.4. The first-order valence-electron chi connectivity index (χ1n) is 19.4. The molecular weight excluding hydrogens is 665 g/mol. The Morgan fingerprint density at radius 1 is 0.527 bits per heavy atom. The van der Waals surface area contributed by atoms with Crippen molar-refractivity contribution in [2.75, 3.05) is 4.90 Å². The van der Waals surface area contributed by atoms with E-state index in [0.717, 1.165) is 12.8 Å². The number of hydrogen-bond donors (Lipinski definition) is 0. The maximum absolute atomic E-state index is 2.50. The maximum atomic E-state index is 2.50. The highest BCUT2D eigenvalue weighted by atomic mass is 15.2. The van der Waals surface area contributed by atoms with Crippen LogP contribution in [0.4, 0.5) is 11.4 Å². The fourth-order valence-corrected chi connectivity index (χ4v) is 8.75. The number of rotatable bonds is 7. The number of para-hydroxylation sites is 1. The molecule has 1 heterocycles. The molecule has 0 radical (unpaired) electrons. The number of anilines is 2. The van der Waals surface area contributed by atoms with E-state index in [1.165, 1.54) is 77.5 Å². The van der Waals surface area contributed by atoms with Gasteiger partial charge >= 0.3 is 0 Å². The van der Waals surface area contributed by atoms with Gasteiger partial charge in [-0.2, -0.15) is 0 Å². The third kappa shape index (κ3) is 5.91. The zero-order valence-electron chi connectivity index (χ0n) is 31.0. The summed E-state index contributed by atoms with van der Waals surface area (Å²) in [6.07, 6.45) is 16.4. The van der Waals surface area contributed by atoms with Crippen molar-refractivity contribution in [2.45, 2.75) is 25.8 Å². The third-order valence-corrected chi connectivity index (χ3v) is 11.7. The van der Waals surface area contributed by atoms with Crippen LogP contribution in [0.15, 0.2) is 212 Å². The highest BCUT2D eigenvalue weighted by molar-refractivity contribution is 6.19. The van der Waals surface area contributed by atoms with Crippen LogP contribution in [-0.2, 0) is 0 Å². The predicted octanol–water partition coefficient (Wildman–Crippen LogP) is 14.2. The zero-order chi connectivity index (χ0) is 36.8. The zero-order valence-corrected chi connectivity index (χ0v) is 31.0. The van der Waals surface area contributed by atoms with Crippen LogP contribution >= 0.6 is 0 Å². The molecule has 0 saturated heterocycles. The van der Waals surface area contributed by atoms with Gasteiger partial charge in [-0.25, -0.2) is 0 Å². The van der Waals surface area contributed by atoms with E-state index < -0.39 is 0 Å². The van der Waals surface area contributed by atoms with E-state index in [9.17, 15) is 0 Å². The molecule has 2 heteroatoms. The Bertz CT molecular complexity index is 2720. The molecule has 2 aliphatic rings. The van der Waals surface area contributed by atoms with Crippen molar-refractivity contribution < 1.29 is 0 Å². The number of aromatic nitrogens is 1. The van der Waals surface area contributed by atoms with Gasteiger partial charge < -0.3 is 9.47 Å². The SMILES string of the molecule is CC1(C2=CCC(N(c3ccc(-c4ccccc4)cc3)c3ccc(-c4ccccc4)cc3)C=C2)C=CC(n2c3ccccc3c3ccc4ccccc4c32)=CC1.